The highest BCUT2D eigenvalue weighted by molar-refractivity contribution is 7.99. The molecule has 0 aliphatic heterocycles. The first kappa shape index (κ1) is 19.2. The van der Waals surface area contributed by atoms with Gasteiger partial charge in [0.25, 0.3) is 0 Å². The third-order valence-corrected chi connectivity index (χ3v) is 5.28. The van der Waals surface area contributed by atoms with Gasteiger partial charge in [-0.25, -0.2) is 4.98 Å². The molecule has 3 aromatic rings. The molecule has 0 fully saturated rings. The Morgan fingerprint density at radius 2 is 1.77 bits per heavy atom. The van der Waals surface area contributed by atoms with Crippen molar-refractivity contribution in [2.75, 3.05) is 0 Å². The molecule has 136 valence electrons. The van der Waals surface area contributed by atoms with Crippen molar-refractivity contribution in [2.24, 2.45) is 0 Å². The van der Waals surface area contributed by atoms with Crippen molar-refractivity contribution >= 4 is 35.0 Å². The highest BCUT2D eigenvalue weighted by atomic mass is 35.5. The van der Waals surface area contributed by atoms with Crippen molar-refractivity contribution in [3.05, 3.63) is 69.9 Å². The standard InChI is InChI=1S/C19H19Cl2N3OS/c1-12(2)18-19(26-16-8-14(20)7-15(21)9-16)23-17(11-25)24(18)10-13-3-5-22-6-4-13/h3-9,12,25H,10-11H2,1-2H3. The van der Waals surface area contributed by atoms with Gasteiger partial charge in [0.2, 0.25) is 0 Å². The van der Waals surface area contributed by atoms with Gasteiger partial charge in [0.15, 0.2) is 0 Å². The van der Waals surface area contributed by atoms with E-state index in [0.29, 0.717) is 22.4 Å². The zero-order valence-corrected chi connectivity index (χ0v) is 16.8. The first-order valence-corrected chi connectivity index (χ1v) is 9.78. The van der Waals surface area contributed by atoms with Crippen LogP contribution in [0.25, 0.3) is 0 Å². The van der Waals surface area contributed by atoms with Crippen molar-refractivity contribution < 1.29 is 5.11 Å². The van der Waals surface area contributed by atoms with Crippen LogP contribution in [0.3, 0.4) is 0 Å². The summed E-state index contributed by atoms with van der Waals surface area (Å²) < 4.78 is 2.08. The van der Waals surface area contributed by atoms with E-state index in [9.17, 15) is 5.11 Å². The monoisotopic (exact) mass is 407 g/mol. The van der Waals surface area contributed by atoms with Gasteiger partial charge in [-0.3, -0.25) is 4.98 Å². The number of hydrogen-bond donors (Lipinski definition) is 1. The molecule has 0 amide bonds. The summed E-state index contributed by atoms with van der Waals surface area (Å²) in [6, 6.07) is 9.37. The van der Waals surface area contributed by atoms with Crippen molar-refractivity contribution in [3.8, 4) is 0 Å². The van der Waals surface area contributed by atoms with Gasteiger partial charge in [0.05, 0.1) is 5.69 Å². The molecule has 0 unspecified atom stereocenters. The minimum absolute atomic E-state index is 0.123. The lowest BCUT2D eigenvalue weighted by Crippen LogP contribution is -2.10. The van der Waals surface area contributed by atoms with Gasteiger partial charge in [0, 0.05) is 33.9 Å². The molecule has 0 saturated carbocycles. The maximum absolute atomic E-state index is 9.82. The molecule has 4 nitrogen and oxygen atoms in total. The van der Waals surface area contributed by atoms with Crippen LogP contribution in [0.15, 0.2) is 52.6 Å². The summed E-state index contributed by atoms with van der Waals surface area (Å²) in [5.41, 5.74) is 2.18. The minimum atomic E-state index is -0.123. The first-order valence-electron chi connectivity index (χ1n) is 8.21. The lowest BCUT2D eigenvalue weighted by atomic mass is 10.1. The molecule has 0 aliphatic rings. The zero-order chi connectivity index (χ0) is 18.7. The summed E-state index contributed by atoms with van der Waals surface area (Å²) >= 11 is 13.7. The molecule has 7 heteroatoms. The van der Waals surface area contributed by atoms with Crippen molar-refractivity contribution in [3.63, 3.8) is 0 Å². The number of benzene rings is 1. The van der Waals surface area contributed by atoms with E-state index in [1.54, 1.807) is 18.5 Å². The van der Waals surface area contributed by atoms with Gasteiger partial charge in [-0.15, -0.1) is 0 Å². The number of rotatable bonds is 6. The Morgan fingerprint density at radius 3 is 2.35 bits per heavy atom. The zero-order valence-electron chi connectivity index (χ0n) is 14.5. The van der Waals surface area contributed by atoms with Crippen molar-refractivity contribution in [1.82, 2.24) is 14.5 Å². The SMILES string of the molecule is CC(C)c1c(Sc2cc(Cl)cc(Cl)c2)nc(CO)n1Cc1ccncc1. The number of nitrogens with zero attached hydrogens (tertiary/aromatic N) is 3. The number of aliphatic hydroxyl groups excluding tert-OH is 1. The van der Waals surface area contributed by atoms with E-state index >= 15 is 0 Å². The quantitative estimate of drug-likeness (QED) is 0.593. The highest BCUT2D eigenvalue weighted by Crippen LogP contribution is 2.36. The lowest BCUT2D eigenvalue weighted by Gasteiger charge is -2.15. The molecule has 2 aromatic heterocycles. The lowest BCUT2D eigenvalue weighted by molar-refractivity contribution is 0.265. The number of aromatic nitrogens is 3. The Bertz CT molecular complexity index is 877. The van der Waals surface area contributed by atoms with Gasteiger partial charge in [-0.1, -0.05) is 48.8 Å². The molecule has 2 heterocycles. The fraction of sp³-hybridized carbons (Fsp3) is 0.263. The molecule has 1 aromatic carbocycles. The molecular formula is C19H19Cl2N3OS. The maximum Gasteiger partial charge on any atom is 0.136 e. The summed E-state index contributed by atoms with van der Waals surface area (Å²) in [7, 11) is 0. The summed E-state index contributed by atoms with van der Waals surface area (Å²) in [6.45, 7) is 4.75. The van der Waals surface area contributed by atoms with Crippen LogP contribution >= 0.6 is 35.0 Å². The van der Waals surface area contributed by atoms with E-state index in [4.69, 9.17) is 23.2 Å². The van der Waals surface area contributed by atoms with E-state index in [0.717, 1.165) is 21.2 Å². The van der Waals surface area contributed by atoms with Gasteiger partial charge in [0.1, 0.15) is 17.5 Å². The molecular weight excluding hydrogens is 389 g/mol. The summed E-state index contributed by atoms with van der Waals surface area (Å²) in [4.78, 5) is 9.66. The third kappa shape index (κ3) is 4.41. The number of aliphatic hydroxyl groups is 1. The van der Waals surface area contributed by atoms with Crippen LogP contribution in [-0.4, -0.2) is 19.6 Å². The summed E-state index contributed by atoms with van der Waals surface area (Å²) in [5.74, 6) is 0.878. The minimum Gasteiger partial charge on any atom is -0.388 e. The Kier molecular flexibility index (Phi) is 6.24. The Hall–Kier alpha value is -1.53. The second kappa shape index (κ2) is 8.44. The number of hydrogen-bond acceptors (Lipinski definition) is 4. The second-order valence-electron chi connectivity index (χ2n) is 6.18. The first-order chi connectivity index (χ1) is 12.5. The molecule has 0 radical (unpaired) electrons. The average molecular weight is 408 g/mol. The maximum atomic E-state index is 9.82. The Balaban J connectivity index is 2.02. The van der Waals surface area contributed by atoms with Crippen LogP contribution in [0.2, 0.25) is 10.0 Å². The third-order valence-electron chi connectivity index (χ3n) is 3.88. The average Bonchev–Trinajstić information content (AvgIpc) is 2.92. The van der Waals surface area contributed by atoms with E-state index < -0.39 is 0 Å². The number of halogens is 2. The van der Waals surface area contributed by atoms with Crippen LogP contribution in [0, 0.1) is 0 Å². The number of pyridine rings is 1. The van der Waals surface area contributed by atoms with Crippen LogP contribution in [0.1, 0.15) is 36.8 Å². The van der Waals surface area contributed by atoms with Gasteiger partial charge in [-0.2, -0.15) is 0 Å². The second-order valence-corrected chi connectivity index (χ2v) is 8.12. The predicted molar refractivity (Wildman–Crippen MR) is 106 cm³/mol. The summed E-state index contributed by atoms with van der Waals surface area (Å²) in [6.07, 6.45) is 3.53. The fourth-order valence-corrected chi connectivity index (χ4v) is 4.64. The summed E-state index contributed by atoms with van der Waals surface area (Å²) in [5, 5.41) is 11.9. The molecule has 0 bridgehead atoms. The van der Waals surface area contributed by atoms with E-state index in [1.807, 2.05) is 24.3 Å². The molecule has 1 N–H and O–H groups in total. The molecule has 0 atom stereocenters. The fourth-order valence-electron chi connectivity index (χ4n) is 2.79. The van der Waals surface area contributed by atoms with Crippen molar-refractivity contribution in [2.45, 2.75) is 42.8 Å². The van der Waals surface area contributed by atoms with Gasteiger partial charge < -0.3 is 9.67 Å². The van der Waals surface area contributed by atoms with Crippen LogP contribution < -0.4 is 0 Å². The van der Waals surface area contributed by atoms with E-state index in [2.05, 4.69) is 28.4 Å². The largest absolute Gasteiger partial charge is 0.388 e. The van der Waals surface area contributed by atoms with Crippen LogP contribution in [0.5, 0.6) is 0 Å². The van der Waals surface area contributed by atoms with Gasteiger partial charge in [-0.05, 0) is 41.8 Å². The Morgan fingerprint density at radius 1 is 1.12 bits per heavy atom. The highest BCUT2D eigenvalue weighted by Gasteiger charge is 2.20. The molecule has 3 rings (SSSR count). The van der Waals surface area contributed by atoms with Crippen molar-refractivity contribution in [1.29, 1.82) is 0 Å². The van der Waals surface area contributed by atoms with Crippen LogP contribution in [-0.2, 0) is 13.2 Å². The normalized spacial score (nSPS) is 11.3. The Labute approximate surface area is 167 Å². The van der Waals surface area contributed by atoms with Gasteiger partial charge >= 0.3 is 0 Å². The topological polar surface area (TPSA) is 50.9 Å². The van der Waals surface area contributed by atoms with E-state index in [1.165, 1.54) is 11.8 Å². The smallest absolute Gasteiger partial charge is 0.136 e. The molecule has 26 heavy (non-hydrogen) atoms. The predicted octanol–water partition coefficient (Wildman–Crippen LogP) is 5.40. The molecule has 0 aliphatic carbocycles. The molecule has 0 saturated heterocycles. The number of imidazole rings is 1. The van der Waals surface area contributed by atoms with Crippen LogP contribution in [0.4, 0.5) is 0 Å². The van der Waals surface area contributed by atoms with E-state index in [-0.39, 0.29) is 12.5 Å². The molecule has 0 spiro atoms.